The number of rotatable bonds is 7. The topological polar surface area (TPSA) is 113 Å². The first-order valence-electron chi connectivity index (χ1n) is 13.7. The Morgan fingerprint density at radius 3 is 2.12 bits per heavy atom. The number of hydrogen-bond donors (Lipinski definition) is 2. The summed E-state index contributed by atoms with van der Waals surface area (Å²) in [5, 5.41) is 26.3. The number of benzene rings is 4. The van der Waals surface area contributed by atoms with Gasteiger partial charge in [0.15, 0.2) is 0 Å². The molecule has 0 aliphatic rings. The number of aryl methyl sites for hydroxylation is 6. The van der Waals surface area contributed by atoms with Crippen LogP contribution in [0.3, 0.4) is 0 Å². The van der Waals surface area contributed by atoms with Crippen molar-refractivity contribution in [1.82, 2.24) is 0 Å². The summed E-state index contributed by atoms with van der Waals surface area (Å²) in [6.07, 6.45) is 0.507. The molecule has 42 heavy (non-hydrogen) atoms. The van der Waals surface area contributed by atoms with E-state index in [2.05, 4.69) is 5.32 Å². The number of pyridine rings is 1. The number of nitrogens with one attached hydrogen (secondary N) is 1. The number of aromatic nitrogens is 1. The molecule has 1 heterocycles. The molecule has 0 aliphatic heterocycles. The summed E-state index contributed by atoms with van der Waals surface area (Å²) in [5.41, 5.74) is 7.84. The van der Waals surface area contributed by atoms with Gasteiger partial charge in [-0.3, -0.25) is 14.9 Å². The van der Waals surface area contributed by atoms with Crippen LogP contribution in [0.2, 0.25) is 0 Å². The van der Waals surface area contributed by atoms with Crippen molar-refractivity contribution in [2.24, 2.45) is 7.05 Å². The first kappa shape index (κ1) is 28.4. The smallest absolute Gasteiger partial charge is 0.337 e. The van der Waals surface area contributed by atoms with Crippen molar-refractivity contribution in [3.05, 3.63) is 110 Å². The van der Waals surface area contributed by atoms with Crippen LogP contribution in [0.25, 0.3) is 32.9 Å². The third-order valence-corrected chi connectivity index (χ3v) is 7.97. The lowest BCUT2D eigenvalue weighted by molar-refractivity contribution is -0.617. The maximum Gasteiger partial charge on any atom is 0.337 e. The van der Waals surface area contributed by atoms with Crippen LogP contribution in [-0.4, -0.2) is 21.9 Å². The Morgan fingerprint density at radius 2 is 1.50 bits per heavy atom. The number of anilines is 1. The monoisotopic (exact) mass is 562 g/mol. The molecule has 0 unspecified atom stereocenters. The highest BCUT2D eigenvalue weighted by Crippen LogP contribution is 2.41. The van der Waals surface area contributed by atoms with Gasteiger partial charge >= 0.3 is 5.97 Å². The third kappa shape index (κ3) is 4.96. The summed E-state index contributed by atoms with van der Waals surface area (Å²) in [5.74, 6) is -1.22. The van der Waals surface area contributed by atoms with E-state index in [-0.39, 0.29) is 23.6 Å². The van der Waals surface area contributed by atoms with Crippen LogP contribution in [0.1, 0.15) is 44.6 Å². The van der Waals surface area contributed by atoms with Crippen LogP contribution >= 0.6 is 0 Å². The van der Waals surface area contributed by atoms with Gasteiger partial charge in [0.05, 0.1) is 21.3 Å². The van der Waals surface area contributed by atoms with E-state index in [1.54, 1.807) is 19.9 Å². The summed E-state index contributed by atoms with van der Waals surface area (Å²) < 4.78 is 1.97. The number of nitrogens with zero attached hydrogens (tertiary/aromatic N) is 2. The number of carbonyl (C=O) groups is 2. The lowest BCUT2D eigenvalue weighted by Gasteiger charge is -2.19. The highest BCUT2D eigenvalue weighted by Gasteiger charge is 2.28. The van der Waals surface area contributed by atoms with Crippen molar-refractivity contribution in [2.75, 3.05) is 5.32 Å². The lowest BCUT2D eigenvalue weighted by atomic mass is 9.85. The van der Waals surface area contributed by atoms with Crippen molar-refractivity contribution in [1.29, 1.82) is 0 Å². The summed E-state index contributed by atoms with van der Waals surface area (Å²) in [4.78, 5) is 37.3. The average Bonchev–Trinajstić information content (AvgIpc) is 2.94. The Kier molecular flexibility index (Phi) is 7.47. The predicted octanol–water partition coefficient (Wildman–Crippen LogP) is 6.90. The molecule has 8 nitrogen and oxygen atoms in total. The molecule has 2 N–H and O–H groups in total. The molecule has 0 fully saturated rings. The van der Waals surface area contributed by atoms with E-state index in [0.717, 1.165) is 33.5 Å². The Morgan fingerprint density at radius 1 is 0.857 bits per heavy atom. The molecule has 1 amide bonds. The second-order valence-electron chi connectivity index (χ2n) is 10.8. The van der Waals surface area contributed by atoms with Crippen LogP contribution in [0, 0.1) is 37.8 Å². The Bertz CT molecular complexity index is 1900. The largest absolute Gasteiger partial charge is 0.478 e. The van der Waals surface area contributed by atoms with E-state index in [9.17, 15) is 24.8 Å². The fourth-order valence-corrected chi connectivity index (χ4v) is 6.03. The number of carboxylic acid groups (broad SMARTS) is 1. The van der Waals surface area contributed by atoms with E-state index in [1.165, 1.54) is 12.1 Å². The second-order valence-corrected chi connectivity index (χ2v) is 10.8. The second kappa shape index (κ2) is 11.0. The van der Waals surface area contributed by atoms with Gasteiger partial charge in [0, 0.05) is 41.9 Å². The number of aromatic carboxylic acids is 1. The van der Waals surface area contributed by atoms with Gasteiger partial charge in [0.25, 0.3) is 5.69 Å². The number of amides is 1. The molecule has 4 aromatic carbocycles. The van der Waals surface area contributed by atoms with Gasteiger partial charge in [-0.2, -0.15) is 4.57 Å². The first-order valence-corrected chi connectivity index (χ1v) is 13.7. The summed E-state index contributed by atoms with van der Waals surface area (Å²) in [6, 6.07) is 20.1. The number of carbonyl (C=O) groups excluding carboxylic acids is 1. The highest BCUT2D eigenvalue weighted by atomic mass is 16.6. The predicted molar refractivity (Wildman–Crippen MR) is 164 cm³/mol. The van der Waals surface area contributed by atoms with Gasteiger partial charge in [0.1, 0.15) is 7.05 Å². The SMILES string of the molecule is Cc1cccc(C)c1NC(=O)CCc1ccc2c(c1-c1c(C)cc([N+](=O)[O-])cc1C)c(C(=O)O)c1ccccc1[n+]2C. The molecule has 0 atom stereocenters. The zero-order valence-electron chi connectivity index (χ0n) is 24.2. The van der Waals surface area contributed by atoms with Crippen molar-refractivity contribution < 1.29 is 24.2 Å². The summed E-state index contributed by atoms with van der Waals surface area (Å²) in [7, 11) is 1.90. The van der Waals surface area contributed by atoms with Crippen LogP contribution in [0.5, 0.6) is 0 Å². The number of nitro groups is 1. The van der Waals surface area contributed by atoms with E-state index >= 15 is 0 Å². The van der Waals surface area contributed by atoms with E-state index in [1.807, 2.05) is 74.0 Å². The zero-order valence-corrected chi connectivity index (χ0v) is 24.2. The molecule has 0 spiro atoms. The van der Waals surface area contributed by atoms with Gasteiger partial charge in [0.2, 0.25) is 16.9 Å². The molecule has 0 radical (unpaired) electrons. The minimum absolute atomic E-state index is 0.0296. The van der Waals surface area contributed by atoms with Crippen molar-refractivity contribution in [2.45, 2.75) is 40.5 Å². The van der Waals surface area contributed by atoms with Gasteiger partial charge in [-0.25, -0.2) is 4.79 Å². The number of para-hydroxylation sites is 2. The number of nitro benzene ring substituents is 1. The number of hydrogen-bond acceptors (Lipinski definition) is 4. The molecule has 0 saturated carbocycles. The lowest BCUT2D eigenvalue weighted by Crippen LogP contribution is -2.31. The molecule has 0 saturated heterocycles. The normalized spacial score (nSPS) is 11.2. The summed E-state index contributed by atoms with van der Waals surface area (Å²) >= 11 is 0. The van der Waals surface area contributed by atoms with Gasteiger partial charge in [-0.15, -0.1) is 0 Å². The zero-order chi connectivity index (χ0) is 30.3. The molecule has 8 heteroatoms. The molecule has 5 aromatic rings. The van der Waals surface area contributed by atoms with E-state index < -0.39 is 10.9 Å². The molecular formula is C34H32N3O5+. The van der Waals surface area contributed by atoms with Crippen molar-refractivity contribution >= 4 is 45.1 Å². The van der Waals surface area contributed by atoms with Crippen LogP contribution in [-0.2, 0) is 18.3 Å². The Hall–Kier alpha value is -5.11. The Labute approximate surface area is 243 Å². The molecule has 1 aromatic heterocycles. The van der Waals surface area contributed by atoms with Gasteiger partial charge in [-0.05, 0) is 73.6 Å². The standard InChI is InChI=1S/C34H31N3O5/c1-19-9-8-10-20(2)33(19)35-28(38)16-14-23-13-15-27-32(30(23)29-21(3)17-24(37(41)42)18-22(29)4)31(34(39)40)25-11-6-7-12-26(25)36(27)5/h6-13,15,17-18H,14,16H2,1-5H3,(H-,35,38,39,40)/p+1. The highest BCUT2D eigenvalue weighted by molar-refractivity contribution is 6.17. The number of fused-ring (bicyclic) bond motifs is 2. The Balaban J connectivity index is 1.75. The van der Waals surface area contributed by atoms with Gasteiger partial charge in [-0.1, -0.05) is 36.4 Å². The number of carboxylic acids is 1. The maximum atomic E-state index is 13.2. The van der Waals surface area contributed by atoms with Crippen LogP contribution in [0.15, 0.2) is 66.7 Å². The maximum absolute atomic E-state index is 13.2. The first-order chi connectivity index (χ1) is 20.0. The average molecular weight is 563 g/mol. The van der Waals surface area contributed by atoms with Crippen molar-refractivity contribution in [3.8, 4) is 11.1 Å². The van der Waals surface area contributed by atoms with Crippen molar-refractivity contribution in [3.63, 3.8) is 0 Å². The minimum Gasteiger partial charge on any atom is -0.478 e. The molecular weight excluding hydrogens is 530 g/mol. The van der Waals surface area contributed by atoms with E-state index in [4.69, 9.17) is 0 Å². The third-order valence-electron chi connectivity index (χ3n) is 7.97. The molecule has 0 bridgehead atoms. The summed E-state index contributed by atoms with van der Waals surface area (Å²) in [6.45, 7) is 7.49. The quantitative estimate of drug-likeness (QED) is 0.0970. The molecule has 0 aliphatic carbocycles. The number of non-ortho nitro benzene ring substituents is 1. The van der Waals surface area contributed by atoms with Gasteiger partial charge < -0.3 is 10.4 Å². The fourth-order valence-electron chi connectivity index (χ4n) is 6.03. The minimum atomic E-state index is -1.07. The van der Waals surface area contributed by atoms with Crippen LogP contribution < -0.4 is 9.88 Å². The van der Waals surface area contributed by atoms with E-state index in [0.29, 0.717) is 39.4 Å². The van der Waals surface area contributed by atoms with Crippen LogP contribution in [0.4, 0.5) is 11.4 Å². The molecule has 212 valence electrons. The fraction of sp³-hybridized carbons (Fsp3) is 0.206. The molecule has 5 rings (SSSR count).